The molecule has 1 N–H and O–H groups in total. The monoisotopic (exact) mass is 378 g/mol. The van der Waals surface area contributed by atoms with Crippen molar-refractivity contribution in [3.63, 3.8) is 0 Å². The van der Waals surface area contributed by atoms with E-state index in [0.717, 1.165) is 28.5 Å². The minimum absolute atomic E-state index is 0.215. The van der Waals surface area contributed by atoms with Gasteiger partial charge >= 0.3 is 0 Å². The first kappa shape index (κ1) is 15.9. The van der Waals surface area contributed by atoms with E-state index in [4.69, 9.17) is 9.97 Å². The first-order chi connectivity index (χ1) is 12.8. The highest BCUT2D eigenvalue weighted by molar-refractivity contribution is 7.19. The molecule has 0 unspecified atom stereocenters. The van der Waals surface area contributed by atoms with Crippen LogP contribution in [0.2, 0.25) is 0 Å². The summed E-state index contributed by atoms with van der Waals surface area (Å²) in [5.41, 5.74) is 2.40. The highest BCUT2D eigenvalue weighted by Crippen LogP contribution is 2.41. The molecule has 0 saturated carbocycles. The number of hydrogen-bond donors (Lipinski definition) is 1. The molecular weight excluding hydrogens is 360 g/mol. The molecule has 0 radical (unpaired) electrons. The molecule has 4 aromatic rings. The van der Waals surface area contributed by atoms with E-state index in [1.54, 1.807) is 17.5 Å². The van der Waals surface area contributed by atoms with Crippen molar-refractivity contribution in [2.24, 2.45) is 0 Å². The Bertz CT molecular complexity index is 1050. The van der Waals surface area contributed by atoms with Gasteiger partial charge in [-0.15, -0.1) is 22.7 Å². The number of rotatable bonds is 4. The molecule has 6 heteroatoms. The molecule has 0 aliphatic heterocycles. The molecule has 5 rings (SSSR count). The normalized spacial score (nSPS) is 14.5. The minimum Gasteiger partial charge on any atom is -0.362 e. The van der Waals surface area contributed by atoms with Gasteiger partial charge in [-0.3, -0.25) is 4.98 Å². The Hall–Kier alpha value is -2.31. The van der Waals surface area contributed by atoms with Gasteiger partial charge in [0, 0.05) is 27.7 Å². The molecule has 0 aromatic carbocycles. The molecule has 0 saturated heterocycles. The second-order valence-electron chi connectivity index (χ2n) is 6.56. The standard InChI is InChI=1S/C20H18N4S2/c1-12(15-8-4-10-25-15)22-19-17-14-6-2-7-16(14)26-20(17)24-18(23-19)13-5-3-9-21-11-13/h3-5,8-12H,2,6-7H2,1H3,(H,22,23,24)/t12-/m1/s1. The number of pyridine rings is 1. The van der Waals surface area contributed by atoms with Gasteiger partial charge in [-0.2, -0.15) is 0 Å². The average Bonchev–Trinajstić information content (AvgIpc) is 3.39. The predicted octanol–water partition coefficient (Wildman–Crippen LogP) is 5.48. The maximum atomic E-state index is 4.92. The Morgan fingerprint density at radius 3 is 2.92 bits per heavy atom. The van der Waals surface area contributed by atoms with Crippen molar-refractivity contribution in [3.05, 3.63) is 57.4 Å². The van der Waals surface area contributed by atoms with Crippen LogP contribution in [0.4, 0.5) is 5.82 Å². The maximum absolute atomic E-state index is 4.92. The van der Waals surface area contributed by atoms with Crippen LogP contribution in [0.25, 0.3) is 21.6 Å². The Balaban J connectivity index is 1.66. The van der Waals surface area contributed by atoms with Crippen LogP contribution in [0.15, 0.2) is 42.0 Å². The van der Waals surface area contributed by atoms with Crippen molar-refractivity contribution in [1.82, 2.24) is 15.0 Å². The fourth-order valence-corrected chi connectivity index (χ4v) is 5.53. The summed E-state index contributed by atoms with van der Waals surface area (Å²) >= 11 is 3.60. The van der Waals surface area contributed by atoms with E-state index < -0.39 is 0 Å². The third-order valence-electron chi connectivity index (χ3n) is 4.81. The number of aromatic nitrogens is 3. The number of nitrogens with zero attached hydrogens (tertiary/aromatic N) is 3. The third-order valence-corrected chi connectivity index (χ3v) is 7.05. The lowest BCUT2D eigenvalue weighted by Gasteiger charge is -2.15. The van der Waals surface area contributed by atoms with Crippen molar-refractivity contribution in [2.45, 2.75) is 32.2 Å². The number of aryl methyl sites for hydroxylation is 2. The molecule has 4 heterocycles. The molecule has 1 atom stereocenters. The van der Waals surface area contributed by atoms with Crippen LogP contribution in [-0.2, 0) is 12.8 Å². The van der Waals surface area contributed by atoms with Crippen molar-refractivity contribution in [2.75, 3.05) is 5.32 Å². The van der Waals surface area contributed by atoms with Gasteiger partial charge in [0.15, 0.2) is 5.82 Å². The number of hydrogen-bond acceptors (Lipinski definition) is 6. The number of fused-ring (bicyclic) bond motifs is 3. The largest absolute Gasteiger partial charge is 0.362 e. The van der Waals surface area contributed by atoms with Crippen LogP contribution >= 0.6 is 22.7 Å². The van der Waals surface area contributed by atoms with E-state index in [1.807, 2.05) is 29.7 Å². The Morgan fingerprint density at radius 1 is 1.15 bits per heavy atom. The quantitative estimate of drug-likeness (QED) is 0.511. The summed E-state index contributed by atoms with van der Waals surface area (Å²) in [6.45, 7) is 2.19. The number of anilines is 1. The first-order valence-corrected chi connectivity index (χ1v) is 10.5. The summed E-state index contributed by atoms with van der Waals surface area (Å²) in [4.78, 5) is 17.9. The van der Waals surface area contributed by atoms with Crippen molar-refractivity contribution < 1.29 is 0 Å². The molecule has 26 heavy (non-hydrogen) atoms. The van der Waals surface area contributed by atoms with Gasteiger partial charge in [-0.05, 0) is 55.3 Å². The van der Waals surface area contributed by atoms with Gasteiger partial charge in [-0.1, -0.05) is 6.07 Å². The maximum Gasteiger partial charge on any atom is 0.164 e. The summed E-state index contributed by atoms with van der Waals surface area (Å²) in [5, 5.41) is 7.00. The van der Waals surface area contributed by atoms with E-state index in [0.29, 0.717) is 0 Å². The van der Waals surface area contributed by atoms with Crippen molar-refractivity contribution in [1.29, 1.82) is 0 Å². The molecule has 1 aliphatic rings. The average molecular weight is 379 g/mol. The molecule has 0 fully saturated rings. The van der Waals surface area contributed by atoms with E-state index >= 15 is 0 Å². The van der Waals surface area contributed by atoms with Crippen molar-refractivity contribution >= 4 is 38.7 Å². The van der Waals surface area contributed by atoms with Gasteiger partial charge in [0.2, 0.25) is 0 Å². The Morgan fingerprint density at radius 2 is 2.12 bits per heavy atom. The van der Waals surface area contributed by atoms with Crippen LogP contribution in [0.3, 0.4) is 0 Å². The first-order valence-electron chi connectivity index (χ1n) is 8.82. The minimum atomic E-state index is 0.215. The third kappa shape index (κ3) is 2.70. The molecule has 4 aromatic heterocycles. The van der Waals surface area contributed by atoms with Crippen LogP contribution in [0.1, 0.15) is 34.7 Å². The summed E-state index contributed by atoms with van der Waals surface area (Å²) in [6.07, 6.45) is 7.14. The molecule has 0 bridgehead atoms. The van der Waals surface area contributed by atoms with Gasteiger partial charge in [-0.25, -0.2) is 9.97 Å². The summed E-state index contributed by atoms with van der Waals surface area (Å²) in [6, 6.07) is 8.42. The van der Waals surface area contributed by atoms with Gasteiger partial charge < -0.3 is 5.32 Å². The highest BCUT2D eigenvalue weighted by atomic mass is 32.1. The van der Waals surface area contributed by atoms with Crippen LogP contribution in [0.5, 0.6) is 0 Å². The smallest absolute Gasteiger partial charge is 0.164 e. The van der Waals surface area contributed by atoms with E-state index in [1.165, 1.54) is 33.5 Å². The van der Waals surface area contributed by atoms with Gasteiger partial charge in [0.1, 0.15) is 10.6 Å². The van der Waals surface area contributed by atoms with Crippen LogP contribution in [0, 0.1) is 0 Å². The van der Waals surface area contributed by atoms with E-state index in [-0.39, 0.29) is 6.04 Å². The zero-order valence-corrected chi connectivity index (χ0v) is 16.0. The lowest BCUT2D eigenvalue weighted by Crippen LogP contribution is -2.08. The Kier molecular flexibility index (Phi) is 3.94. The SMILES string of the molecule is C[C@@H](Nc1nc(-c2cccnc2)nc2sc3c(c12)CCC3)c1cccs1. The molecule has 0 amide bonds. The predicted molar refractivity (Wildman–Crippen MR) is 109 cm³/mol. The van der Waals surface area contributed by atoms with Crippen molar-refractivity contribution in [3.8, 4) is 11.4 Å². The molecule has 0 spiro atoms. The fraction of sp³-hybridized carbons (Fsp3) is 0.250. The molecular formula is C20H18N4S2. The summed E-state index contributed by atoms with van der Waals surface area (Å²) in [5.74, 6) is 1.69. The highest BCUT2D eigenvalue weighted by Gasteiger charge is 2.23. The lowest BCUT2D eigenvalue weighted by molar-refractivity contribution is 0.896. The zero-order chi connectivity index (χ0) is 17.5. The lowest BCUT2D eigenvalue weighted by atomic mass is 10.1. The fourth-order valence-electron chi connectivity index (χ4n) is 3.54. The number of nitrogens with one attached hydrogen (secondary N) is 1. The molecule has 130 valence electrons. The van der Waals surface area contributed by atoms with E-state index in [2.05, 4.69) is 34.7 Å². The molecule has 1 aliphatic carbocycles. The number of thiophene rings is 2. The topological polar surface area (TPSA) is 50.7 Å². The second-order valence-corrected chi connectivity index (χ2v) is 8.62. The van der Waals surface area contributed by atoms with Crippen LogP contribution < -0.4 is 5.32 Å². The second kappa shape index (κ2) is 6.45. The van der Waals surface area contributed by atoms with Gasteiger partial charge in [0.25, 0.3) is 0 Å². The zero-order valence-electron chi connectivity index (χ0n) is 14.4. The summed E-state index contributed by atoms with van der Waals surface area (Å²) in [7, 11) is 0. The van der Waals surface area contributed by atoms with Crippen LogP contribution in [-0.4, -0.2) is 15.0 Å². The van der Waals surface area contributed by atoms with Gasteiger partial charge in [0.05, 0.1) is 11.4 Å². The molecule has 4 nitrogen and oxygen atoms in total. The summed E-state index contributed by atoms with van der Waals surface area (Å²) < 4.78 is 0. The Labute approximate surface area is 160 Å². The van der Waals surface area contributed by atoms with E-state index in [9.17, 15) is 0 Å².